The number of benzene rings is 1. The maximum Gasteiger partial charge on any atom is 0.412 e. The van der Waals surface area contributed by atoms with Gasteiger partial charge in [-0.05, 0) is 55.7 Å². The first-order valence-electron chi connectivity index (χ1n) is 14.0. The number of amides is 1. The van der Waals surface area contributed by atoms with Crippen LogP contribution in [0.15, 0.2) is 36.7 Å². The summed E-state index contributed by atoms with van der Waals surface area (Å²) >= 11 is 0. The van der Waals surface area contributed by atoms with Gasteiger partial charge in [-0.3, -0.25) is 9.88 Å². The van der Waals surface area contributed by atoms with E-state index in [4.69, 9.17) is 0 Å². The Labute approximate surface area is 247 Å². The molecule has 12 heteroatoms. The van der Waals surface area contributed by atoms with E-state index >= 15 is 0 Å². The summed E-state index contributed by atoms with van der Waals surface area (Å²) < 4.78 is 15.9. The molecule has 2 bridgehead atoms. The molecule has 1 aromatic carbocycles. The highest BCUT2D eigenvalue weighted by Crippen LogP contribution is 2.62. The van der Waals surface area contributed by atoms with E-state index in [0.29, 0.717) is 46.0 Å². The molecule has 0 radical (unpaired) electrons. The molecule has 3 aliphatic rings. The van der Waals surface area contributed by atoms with Crippen LogP contribution in [0, 0.1) is 46.9 Å². The molecule has 3 aromatic heterocycles. The first-order valence-corrected chi connectivity index (χ1v) is 14.0. The summed E-state index contributed by atoms with van der Waals surface area (Å²) in [5.74, 6) is -0.000880. The van der Waals surface area contributed by atoms with Crippen LogP contribution in [-0.4, -0.2) is 42.7 Å². The summed E-state index contributed by atoms with van der Waals surface area (Å²) in [5, 5.41) is 43.3. The second kappa shape index (κ2) is 10.0. The molecule has 4 aromatic rings. The number of nitriles is 2. The van der Waals surface area contributed by atoms with E-state index in [1.54, 1.807) is 19.2 Å². The molecular formula is C31H30FN9O2. The van der Waals surface area contributed by atoms with E-state index < -0.39 is 18.1 Å². The van der Waals surface area contributed by atoms with Crippen molar-refractivity contribution in [2.24, 2.45) is 11.3 Å². The van der Waals surface area contributed by atoms with Gasteiger partial charge in [0, 0.05) is 29.4 Å². The number of aryl methyl sites for hydroxylation is 1. The molecule has 1 atom stereocenters. The molecule has 0 saturated heterocycles. The fourth-order valence-electron chi connectivity index (χ4n) is 6.12. The van der Waals surface area contributed by atoms with E-state index in [9.17, 15) is 24.8 Å². The van der Waals surface area contributed by atoms with Crippen molar-refractivity contribution in [1.82, 2.24) is 25.0 Å². The lowest BCUT2D eigenvalue weighted by Crippen LogP contribution is -2.59. The van der Waals surface area contributed by atoms with Gasteiger partial charge in [-0.25, -0.2) is 14.5 Å². The van der Waals surface area contributed by atoms with Crippen LogP contribution < -0.4 is 10.2 Å². The molecule has 218 valence electrons. The van der Waals surface area contributed by atoms with Gasteiger partial charge in [0.05, 0.1) is 39.8 Å². The molecule has 1 unspecified atom stereocenters. The number of pyridine rings is 2. The zero-order valence-corrected chi connectivity index (χ0v) is 24.3. The van der Waals surface area contributed by atoms with Gasteiger partial charge in [-0.2, -0.15) is 14.9 Å². The first kappa shape index (κ1) is 28.0. The van der Waals surface area contributed by atoms with Crippen molar-refractivity contribution in [1.29, 1.82) is 10.5 Å². The van der Waals surface area contributed by atoms with Gasteiger partial charge in [0.15, 0.2) is 0 Å². The quantitative estimate of drug-likeness (QED) is 0.264. The maximum absolute atomic E-state index is 14.1. The molecule has 43 heavy (non-hydrogen) atoms. The largest absolute Gasteiger partial charge is 0.465 e. The minimum Gasteiger partial charge on any atom is -0.465 e. The molecule has 0 spiro atoms. The van der Waals surface area contributed by atoms with Crippen LogP contribution in [0.4, 0.5) is 20.6 Å². The molecule has 3 saturated carbocycles. The van der Waals surface area contributed by atoms with Crippen molar-refractivity contribution in [3.63, 3.8) is 0 Å². The number of aromatic nitrogens is 5. The van der Waals surface area contributed by atoms with Crippen LogP contribution in [0.1, 0.15) is 74.2 Å². The van der Waals surface area contributed by atoms with Crippen LogP contribution >= 0.6 is 0 Å². The molecule has 3 fully saturated rings. The van der Waals surface area contributed by atoms with Gasteiger partial charge in [-0.1, -0.05) is 32.1 Å². The van der Waals surface area contributed by atoms with Gasteiger partial charge >= 0.3 is 6.09 Å². The zero-order valence-electron chi connectivity index (χ0n) is 24.3. The predicted octanol–water partition coefficient (Wildman–Crippen LogP) is 5.65. The van der Waals surface area contributed by atoms with Crippen molar-refractivity contribution < 1.29 is 14.3 Å². The Morgan fingerprint density at radius 1 is 1.23 bits per heavy atom. The van der Waals surface area contributed by atoms with Crippen LogP contribution in [0.25, 0.3) is 10.9 Å². The molecule has 1 amide bonds. The topological polar surface area (TPSA) is 157 Å². The Kier molecular flexibility index (Phi) is 6.53. The molecule has 0 aliphatic heterocycles. The van der Waals surface area contributed by atoms with E-state index in [-0.39, 0.29) is 27.8 Å². The smallest absolute Gasteiger partial charge is 0.412 e. The van der Waals surface area contributed by atoms with Crippen molar-refractivity contribution in [2.75, 3.05) is 16.8 Å². The average Bonchev–Trinajstić information content (AvgIpc) is 3.36. The lowest BCUT2D eigenvalue weighted by atomic mass is 9.50. The van der Waals surface area contributed by atoms with E-state index in [0.717, 1.165) is 24.2 Å². The SMILES string of the molecule is Cc1nc(F)ccc1C(c1cn(C23CC(C2)C3)nn1)N(C(=O)O)c1cc(C#N)c2ncc(C#N)c(NCC(C)(C)C)c2c1. The Bertz CT molecular complexity index is 1850. The average molecular weight is 580 g/mol. The van der Waals surface area contributed by atoms with Crippen LogP contribution in [-0.2, 0) is 5.54 Å². The summed E-state index contributed by atoms with van der Waals surface area (Å²) in [6.45, 7) is 8.23. The highest BCUT2D eigenvalue weighted by molar-refractivity contribution is 6.01. The minimum atomic E-state index is -1.33. The molecule has 2 N–H and O–H groups in total. The Hall–Kier alpha value is -5.10. The fourth-order valence-corrected chi connectivity index (χ4v) is 6.12. The zero-order chi connectivity index (χ0) is 30.7. The van der Waals surface area contributed by atoms with Crippen LogP contribution in [0.3, 0.4) is 0 Å². The second-order valence-corrected chi connectivity index (χ2v) is 12.7. The Balaban J connectivity index is 1.56. The van der Waals surface area contributed by atoms with Gasteiger partial charge in [0.1, 0.15) is 23.9 Å². The molecule has 3 heterocycles. The number of rotatable bonds is 7. The summed E-state index contributed by atoms with van der Waals surface area (Å²) in [6.07, 6.45) is 4.86. The fraction of sp³-hybridized carbons (Fsp3) is 0.387. The minimum absolute atomic E-state index is 0.0888. The van der Waals surface area contributed by atoms with E-state index in [1.165, 1.54) is 24.4 Å². The number of anilines is 2. The summed E-state index contributed by atoms with van der Waals surface area (Å²) in [7, 11) is 0. The maximum atomic E-state index is 14.1. The summed E-state index contributed by atoms with van der Waals surface area (Å²) in [5.41, 5.74) is 2.15. The Morgan fingerprint density at radius 2 is 1.95 bits per heavy atom. The lowest BCUT2D eigenvalue weighted by molar-refractivity contribution is -0.0989. The number of carbonyl (C=O) groups is 1. The second-order valence-electron chi connectivity index (χ2n) is 12.7. The van der Waals surface area contributed by atoms with Crippen molar-refractivity contribution in [3.8, 4) is 12.1 Å². The van der Waals surface area contributed by atoms with Gasteiger partial charge in [0.25, 0.3) is 0 Å². The number of hydrogen-bond acceptors (Lipinski definition) is 8. The standard InChI is InChI=1S/C31H30FN9O2/c1-17-22(5-6-25(32)37-17)28(24-15-40(39-38-24)31-9-18(10-31)11-31)41(29(42)43)21-7-19(12-33)26-23(8-21)27(20(13-34)14-35-26)36-16-30(2,3)4/h5-8,14-15,18,28H,9-11,16H2,1-4H3,(H,35,36)(H,42,43). The molecule has 11 nitrogen and oxygen atoms in total. The van der Waals surface area contributed by atoms with Crippen LogP contribution in [0.5, 0.6) is 0 Å². The molecule has 7 rings (SSSR count). The number of carboxylic acid groups (broad SMARTS) is 1. The number of nitrogens with one attached hydrogen (secondary N) is 1. The monoisotopic (exact) mass is 579 g/mol. The number of nitrogens with zero attached hydrogens (tertiary/aromatic N) is 8. The number of hydrogen-bond donors (Lipinski definition) is 2. The van der Waals surface area contributed by atoms with Crippen molar-refractivity contribution >= 4 is 28.4 Å². The summed E-state index contributed by atoms with van der Waals surface area (Å²) in [6, 6.07) is 8.96. The third-order valence-electron chi connectivity index (χ3n) is 8.41. The predicted molar refractivity (Wildman–Crippen MR) is 156 cm³/mol. The van der Waals surface area contributed by atoms with Gasteiger partial charge in [0.2, 0.25) is 5.95 Å². The van der Waals surface area contributed by atoms with Gasteiger partial charge < -0.3 is 10.4 Å². The summed E-state index contributed by atoms with van der Waals surface area (Å²) in [4.78, 5) is 22.6. The third-order valence-corrected chi connectivity index (χ3v) is 8.41. The molecule has 3 aliphatic carbocycles. The van der Waals surface area contributed by atoms with Crippen molar-refractivity contribution in [3.05, 3.63) is 70.7 Å². The normalized spacial score (nSPS) is 19.5. The van der Waals surface area contributed by atoms with Gasteiger partial charge in [-0.15, -0.1) is 5.10 Å². The lowest BCUT2D eigenvalue weighted by Gasteiger charge is -2.61. The van der Waals surface area contributed by atoms with Crippen LogP contribution in [0.2, 0.25) is 0 Å². The van der Waals surface area contributed by atoms with Crippen molar-refractivity contribution in [2.45, 2.75) is 58.5 Å². The number of fused-ring (bicyclic) bond motifs is 1. The third kappa shape index (κ3) is 4.79. The highest BCUT2D eigenvalue weighted by atomic mass is 19.1. The highest BCUT2D eigenvalue weighted by Gasteiger charge is 2.59. The first-order chi connectivity index (χ1) is 20.4. The number of halogens is 1. The van der Waals surface area contributed by atoms with E-state index in [1.807, 2.05) is 25.5 Å². The Morgan fingerprint density at radius 3 is 2.53 bits per heavy atom. The van der Waals surface area contributed by atoms with E-state index in [2.05, 4.69) is 37.7 Å². The molecular weight excluding hydrogens is 549 g/mol.